The normalized spacial score (nSPS) is 13.2. The summed E-state index contributed by atoms with van der Waals surface area (Å²) in [4.78, 5) is 0. The monoisotopic (exact) mass is 263 g/mol. The van der Waals surface area contributed by atoms with E-state index in [-0.39, 0.29) is 23.0 Å². The van der Waals surface area contributed by atoms with Crippen molar-refractivity contribution >= 4 is 24.0 Å². The summed E-state index contributed by atoms with van der Waals surface area (Å²) in [5.41, 5.74) is 4.62. The Balaban J connectivity index is 0.00000196. The molecule has 1 aromatic rings. The minimum Gasteiger partial charge on any atom is -0.316 e. The molecule has 0 saturated heterocycles. The molecule has 1 rings (SSSR count). The van der Waals surface area contributed by atoms with Gasteiger partial charge in [0.15, 0.2) is 0 Å². The maximum absolute atomic E-state index is 12.6. The van der Waals surface area contributed by atoms with Crippen LogP contribution in [0, 0.1) is 5.82 Å². The number of benzene rings is 1. The van der Waals surface area contributed by atoms with Gasteiger partial charge in [-0.3, -0.25) is 0 Å². The molecule has 0 heterocycles. The Hall–Kier alpha value is -0.520. The number of hydrogen-bond donors (Lipinski definition) is 1. The van der Waals surface area contributed by atoms with E-state index in [1.807, 2.05) is 0 Å². The van der Waals surface area contributed by atoms with E-state index in [0.717, 1.165) is 18.2 Å². The molecule has 0 aliphatic heterocycles. The van der Waals surface area contributed by atoms with Gasteiger partial charge >= 0.3 is 6.18 Å². The van der Waals surface area contributed by atoms with Gasteiger partial charge in [-0.1, -0.05) is 17.7 Å². The lowest BCUT2D eigenvalue weighted by atomic mass is 10.1. The molecule has 0 saturated carbocycles. The fourth-order valence-corrected chi connectivity index (χ4v) is 1.08. The molecule has 86 valence electrons. The molecule has 1 unspecified atom stereocenters. The van der Waals surface area contributed by atoms with Crippen LogP contribution in [0.3, 0.4) is 0 Å². The summed E-state index contributed by atoms with van der Waals surface area (Å²) in [5, 5.41) is -0.373. The summed E-state index contributed by atoms with van der Waals surface area (Å²) < 4.78 is 48.9. The lowest BCUT2D eigenvalue weighted by Crippen LogP contribution is -2.28. The fourth-order valence-electron chi connectivity index (χ4n) is 0.895. The maximum atomic E-state index is 12.6. The SMILES string of the molecule is Cl.NC(c1ccc(F)c(Cl)c1)C(F)(F)F. The quantitative estimate of drug-likeness (QED) is 0.772. The zero-order valence-corrected chi connectivity index (χ0v) is 8.76. The van der Waals surface area contributed by atoms with Crippen molar-refractivity contribution in [3.05, 3.63) is 34.6 Å². The second kappa shape index (κ2) is 5.01. The largest absolute Gasteiger partial charge is 0.407 e. The highest BCUT2D eigenvalue weighted by Crippen LogP contribution is 2.31. The lowest BCUT2D eigenvalue weighted by molar-refractivity contribution is -0.149. The van der Waals surface area contributed by atoms with Crippen LogP contribution in [0.5, 0.6) is 0 Å². The van der Waals surface area contributed by atoms with Crippen LogP contribution in [0.25, 0.3) is 0 Å². The molecule has 0 radical (unpaired) electrons. The molecule has 0 bridgehead atoms. The smallest absolute Gasteiger partial charge is 0.316 e. The molecule has 0 aliphatic carbocycles. The third kappa shape index (κ3) is 3.52. The Morgan fingerprint density at radius 2 is 1.80 bits per heavy atom. The van der Waals surface area contributed by atoms with E-state index in [2.05, 4.69) is 0 Å². The van der Waals surface area contributed by atoms with E-state index in [0.29, 0.717) is 0 Å². The van der Waals surface area contributed by atoms with Crippen LogP contribution < -0.4 is 5.73 Å². The summed E-state index contributed by atoms with van der Waals surface area (Å²) in [6, 6.07) is 0.540. The molecular weight excluding hydrogens is 257 g/mol. The highest BCUT2D eigenvalue weighted by molar-refractivity contribution is 6.30. The number of hydrogen-bond acceptors (Lipinski definition) is 1. The molecule has 0 fully saturated rings. The van der Waals surface area contributed by atoms with Crippen LogP contribution in [0.2, 0.25) is 5.02 Å². The topological polar surface area (TPSA) is 26.0 Å². The van der Waals surface area contributed by atoms with Crippen LogP contribution in [0.15, 0.2) is 18.2 Å². The van der Waals surface area contributed by atoms with Crippen LogP contribution in [-0.2, 0) is 0 Å². The van der Waals surface area contributed by atoms with Gasteiger partial charge < -0.3 is 5.73 Å². The van der Waals surface area contributed by atoms with Crippen molar-refractivity contribution in [3.63, 3.8) is 0 Å². The average Bonchev–Trinajstić information content (AvgIpc) is 2.07. The van der Waals surface area contributed by atoms with Gasteiger partial charge in [0, 0.05) is 0 Å². The summed E-state index contributed by atoms with van der Waals surface area (Å²) >= 11 is 5.31. The standard InChI is InChI=1S/C8H6ClF4N.ClH/c9-5-3-4(1-2-6(5)10)7(14)8(11,12)13;/h1-3,7H,14H2;1H. The van der Waals surface area contributed by atoms with Crippen molar-refractivity contribution in [2.45, 2.75) is 12.2 Å². The third-order valence-corrected chi connectivity index (χ3v) is 1.95. The average molecular weight is 264 g/mol. The van der Waals surface area contributed by atoms with Gasteiger partial charge in [0.05, 0.1) is 5.02 Å². The van der Waals surface area contributed by atoms with Crippen LogP contribution in [0.1, 0.15) is 11.6 Å². The highest BCUT2D eigenvalue weighted by Gasteiger charge is 2.37. The van der Waals surface area contributed by atoms with E-state index >= 15 is 0 Å². The molecule has 1 atom stereocenters. The summed E-state index contributed by atoms with van der Waals surface area (Å²) in [7, 11) is 0. The van der Waals surface area contributed by atoms with E-state index in [1.54, 1.807) is 0 Å². The second-order valence-electron chi connectivity index (χ2n) is 2.69. The van der Waals surface area contributed by atoms with E-state index in [4.69, 9.17) is 17.3 Å². The molecule has 1 aromatic carbocycles. The first-order valence-corrected chi connectivity index (χ1v) is 3.97. The maximum Gasteiger partial charge on any atom is 0.407 e. The summed E-state index contributed by atoms with van der Waals surface area (Å²) in [5.74, 6) is -0.773. The van der Waals surface area contributed by atoms with Crippen molar-refractivity contribution in [1.82, 2.24) is 0 Å². The van der Waals surface area contributed by atoms with Gasteiger partial charge in [-0.25, -0.2) is 4.39 Å². The first kappa shape index (κ1) is 14.5. The van der Waals surface area contributed by atoms with Gasteiger partial charge in [0.1, 0.15) is 11.9 Å². The van der Waals surface area contributed by atoms with Crippen molar-refractivity contribution in [2.75, 3.05) is 0 Å². The Morgan fingerprint density at radius 1 is 1.27 bits per heavy atom. The predicted octanol–water partition coefficient (Wildman–Crippen LogP) is 3.46. The third-order valence-electron chi connectivity index (χ3n) is 1.66. The molecular formula is C8H7Cl2F4N. The van der Waals surface area contributed by atoms with Gasteiger partial charge in [-0.05, 0) is 17.7 Å². The Kier molecular flexibility index (Phi) is 4.83. The zero-order chi connectivity index (χ0) is 10.9. The van der Waals surface area contributed by atoms with E-state index in [9.17, 15) is 17.6 Å². The Morgan fingerprint density at radius 3 is 2.20 bits per heavy atom. The molecule has 0 aliphatic rings. The van der Waals surface area contributed by atoms with Gasteiger partial charge in [0.2, 0.25) is 0 Å². The van der Waals surface area contributed by atoms with Crippen LogP contribution >= 0.6 is 24.0 Å². The molecule has 0 aromatic heterocycles. The predicted molar refractivity (Wildman–Crippen MR) is 51.6 cm³/mol. The van der Waals surface area contributed by atoms with E-state index < -0.39 is 18.0 Å². The molecule has 0 amide bonds. The van der Waals surface area contributed by atoms with Crippen molar-refractivity contribution in [3.8, 4) is 0 Å². The zero-order valence-electron chi connectivity index (χ0n) is 7.18. The highest BCUT2D eigenvalue weighted by atomic mass is 35.5. The van der Waals surface area contributed by atoms with Crippen molar-refractivity contribution < 1.29 is 17.6 Å². The van der Waals surface area contributed by atoms with Crippen molar-refractivity contribution in [2.24, 2.45) is 5.73 Å². The summed E-state index contributed by atoms with van der Waals surface area (Å²) in [6.45, 7) is 0. The summed E-state index contributed by atoms with van der Waals surface area (Å²) in [6.07, 6.45) is -4.55. The minimum atomic E-state index is -4.55. The second-order valence-corrected chi connectivity index (χ2v) is 3.10. The molecule has 1 nitrogen and oxygen atoms in total. The fraction of sp³-hybridized carbons (Fsp3) is 0.250. The molecule has 15 heavy (non-hydrogen) atoms. The van der Waals surface area contributed by atoms with Crippen molar-refractivity contribution in [1.29, 1.82) is 0 Å². The first-order chi connectivity index (χ1) is 6.32. The number of rotatable bonds is 1. The minimum absolute atomic E-state index is 0. The van der Waals surface area contributed by atoms with E-state index in [1.165, 1.54) is 0 Å². The van der Waals surface area contributed by atoms with Gasteiger partial charge in [-0.15, -0.1) is 12.4 Å². The Bertz CT molecular complexity index is 340. The van der Waals surface area contributed by atoms with Crippen LogP contribution in [0.4, 0.5) is 17.6 Å². The molecule has 2 N–H and O–H groups in total. The number of nitrogens with two attached hydrogens (primary N) is 1. The molecule has 7 heteroatoms. The molecule has 0 spiro atoms. The number of alkyl halides is 3. The van der Waals surface area contributed by atoms with Gasteiger partial charge in [-0.2, -0.15) is 13.2 Å². The Labute approximate surface area is 94.6 Å². The first-order valence-electron chi connectivity index (χ1n) is 3.59. The lowest BCUT2D eigenvalue weighted by Gasteiger charge is -2.15. The van der Waals surface area contributed by atoms with Crippen LogP contribution in [-0.4, -0.2) is 6.18 Å². The number of halogens is 6. The van der Waals surface area contributed by atoms with Gasteiger partial charge in [0.25, 0.3) is 0 Å².